The Hall–Kier alpha value is -3.15. The first kappa shape index (κ1) is 18.6. The van der Waals surface area contributed by atoms with E-state index in [0.29, 0.717) is 18.4 Å². The van der Waals surface area contributed by atoms with E-state index in [-0.39, 0.29) is 24.0 Å². The zero-order chi connectivity index (χ0) is 19.6. The molecule has 6 heteroatoms. The molecule has 0 saturated carbocycles. The van der Waals surface area contributed by atoms with Crippen LogP contribution in [0.2, 0.25) is 0 Å². The topological polar surface area (TPSA) is 75.7 Å². The van der Waals surface area contributed by atoms with Crippen LogP contribution in [0, 0.1) is 0 Å². The maximum absolute atomic E-state index is 12.1. The van der Waals surface area contributed by atoms with Gasteiger partial charge in [-0.05, 0) is 54.3 Å². The summed E-state index contributed by atoms with van der Waals surface area (Å²) in [6.45, 7) is 3.52. The van der Waals surface area contributed by atoms with Gasteiger partial charge in [0.05, 0.1) is 18.7 Å². The van der Waals surface area contributed by atoms with Gasteiger partial charge in [0.25, 0.3) is 0 Å². The van der Waals surface area contributed by atoms with Gasteiger partial charge in [-0.3, -0.25) is 9.59 Å². The van der Waals surface area contributed by atoms with E-state index in [1.165, 1.54) is 7.11 Å². The van der Waals surface area contributed by atoms with Crippen LogP contribution in [0.4, 0.5) is 5.69 Å². The number of nitrogens with one attached hydrogen (secondary N) is 1. The molecule has 27 heavy (non-hydrogen) atoms. The Morgan fingerprint density at radius 2 is 1.81 bits per heavy atom. The van der Waals surface area contributed by atoms with E-state index in [1.54, 1.807) is 24.0 Å². The van der Waals surface area contributed by atoms with Crippen molar-refractivity contribution in [1.29, 1.82) is 0 Å². The Balaban J connectivity index is 2.03. The van der Waals surface area contributed by atoms with Crippen LogP contribution in [0.25, 0.3) is 11.1 Å². The van der Waals surface area contributed by atoms with Crippen molar-refractivity contribution in [2.24, 2.45) is 0 Å². The minimum absolute atomic E-state index is 0.00219. The third kappa shape index (κ3) is 3.56. The minimum atomic E-state index is -0.381. The second kappa shape index (κ2) is 7.61. The van der Waals surface area contributed by atoms with Gasteiger partial charge in [-0.25, -0.2) is 4.79 Å². The fourth-order valence-corrected chi connectivity index (χ4v) is 3.68. The lowest BCUT2D eigenvalue weighted by Gasteiger charge is -2.39. The quantitative estimate of drug-likeness (QED) is 0.666. The summed E-state index contributed by atoms with van der Waals surface area (Å²) >= 11 is 0. The molecule has 2 atom stereocenters. The summed E-state index contributed by atoms with van der Waals surface area (Å²) in [7, 11) is 1.35. The maximum Gasteiger partial charge on any atom is 0.337 e. The molecule has 0 saturated heterocycles. The number of rotatable bonds is 4. The van der Waals surface area contributed by atoms with E-state index >= 15 is 0 Å². The predicted molar refractivity (Wildman–Crippen MR) is 102 cm³/mol. The van der Waals surface area contributed by atoms with Crippen molar-refractivity contribution in [1.82, 2.24) is 5.32 Å². The third-order valence-corrected chi connectivity index (χ3v) is 4.93. The highest BCUT2D eigenvalue weighted by Crippen LogP contribution is 2.39. The lowest BCUT2D eigenvalue weighted by Crippen LogP contribution is -2.44. The summed E-state index contributed by atoms with van der Waals surface area (Å²) in [6, 6.07) is 12.8. The Kier molecular flexibility index (Phi) is 5.26. The van der Waals surface area contributed by atoms with Gasteiger partial charge in [-0.1, -0.05) is 18.2 Å². The van der Waals surface area contributed by atoms with Crippen LogP contribution in [0.15, 0.2) is 42.5 Å². The van der Waals surface area contributed by atoms with Crippen LogP contribution in [0.5, 0.6) is 0 Å². The lowest BCUT2D eigenvalue weighted by atomic mass is 9.89. The van der Waals surface area contributed by atoms with E-state index < -0.39 is 0 Å². The highest BCUT2D eigenvalue weighted by molar-refractivity contribution is 5.94. The highest BCUT2D eigenvalue weighted by atomic mass is 16.5. The van der Waals surface area contributed by atoms with Crippen molar-refractivity contribution in [3.05, 3.63) is 53.6 Å². The highest BCUT2D eigenvalue weighted by Gasteiger charge is 2.32. The molecule has 1 heterocycles. The van der Waals surface area contributed by atoms with Crippen LogP contribution in [-0.2, 0) is 14.3 Å². The number of fused-ring (bicyclic) bond motifs is 1. The van der Waals surface area contributed by atoms with E-state index in [0.717, 1.165) is 22.4 Å². The molecule has 6 nitrogen and oxygen atoms in total. The summed E-state index contributed by atoms with van der Waals surface area (Å²) in [5, 5.41) is 2.86. The summed E-state index contributed by atoms with van der Waals surface area (Å²) in [4.78, 5) is 36.5. The largest absolute Gasteiger partial charge is 0.465 e. The molecule has 140 valence electrons. The predicted octanol–water partition coefficient (Wildman–Crippen LogP) is 3.07. The molecular weight excluding hydrogens is 344 g/mol. The summed E-state index contributed by atoms with van der Waals surface area (Å²) < 4.78 is 4.72. The molecule has 1 N–H and O–H groups in total. The molecule has 0 aliphatic carbocycles. The van der Waals surface area contributed by atoms with Crippen LogP contribution in [0.3, 0.4) is 0 Å². The number of hydrogen-bond acceptors (Lipinski definition) is 4. The number of anilines is 1. The van der Waals surface area contributed by atoms with E-state index in [4.69, 9.17) is 4.74 Å². The third-order valence-electron chi connectivity index (χ3n) is 4.93. The molecule has 1 aliphatic heterocycles. The van der Waals surface area contributed by atoms with Crippen molar-refractivity contribution in [2.45, 2.75) is 32.4 Å². The average Bonchev–Trinajstić information content (AvgIpc) is 2.67. The van der Waals surface area contributed by atoms with Gasteiger partial charge in [0, 0.05) is 18.7 Å². The molecule has 2 aromatic carbocycles. The van der Waals surface area contributed by atoms with Gasteiger partial charge in [0.15, 0.2) is 0 Å². The molecule has 0 bridgehead atoms. The fourth-order valence-electron chi connectivity index (χ4n) is 3.68. The molecule has 0 radical (unpaired) electrons. The summed E-state index contributed by atoms with van der Waals surface area (Å²) in [6.07, 6.45) is 1.35. The second-order valence-electron chi connectivity index (χ2n) is 6.65. The fraction of sp³-hybridized carbons (Fsp3) is 0.286. The van der Waals surface area contributed by atoms with Crippen molar-refractivity contribution >= 4 is 24.0 Å². The SMILES string of the molecule is COC(=O)c1ccc(-c2ccc3c(c2)[C@@H](NC=O)C[C@@H](C)N3C(C)=O)cc1. The van der Waals surface area contributed by atoms with Gasteiger partial charge in [-0.15, -0.1) is 0 Å². The lowest BCUT2D eigenvalue weighted by molar-refractivity contribution is -0.117. The van der Waals surface area contributed by atoms with Crippen molar-refractivity contribution in [2.75, 3.05) is 12.0 Å². The van der Waals surface area contributed by atoms with Crippen LogP contribution >= 0.6 is 0 Å². The smallest absolute Gasteiger partial charge is 0.337 e. The molecule has 0 fully saturated rings. The second-order valence-corrected chi connectivity index (χ2v) is 6.65. The zero-order valence-corrected chi connectivity index (χ0v) is 15.6. The molecule has 3 rings (SSSR count). The van der Waals surface area contributed by atoms with E-state index in [9.17, 15) is 14.4 Å². The Bertz CT molecular complexity index is 876. The Morgan fingerprint density at radius 3 is 2.41 bits per heavy atom. The number of hydrogen-bond donors (Lipinski definition) is 1. The Morgan fingerprint density at radius 1 is 1.15 bits per heavy atom. The van der Waals surface area contributed by atoms with Crippen molar-refractivity contribution in [3.63, 3.8) is 0 Å². The first-order valence-electron chi connectivity index (χ1n) is 8.78. The zero-order valence-electron chi connectivity index (χ0n) is 15.6. The molecule has 0 spiro atoms. The number of carbonyl (C=O) groups excluding carboxylic acids is 3. The molecule has 0 unspecified atom stereocenters. The number of amides is 2. The molecule has 1 aliphatic rings. The van der Waals surface area contributed by atoms with Gasteiger partial charge in [0.1, 0.15) is 0 Å². The van der Waals surface area contributed by atoms with Crippen molar-refractivity contribution < 1.29 is 19.1 Å². The molecular formula is C21H22N2O4. The monoisotopic (exact) mass is 366 g/mol. The van der Waals surface area contributed by atoms with Crippen LogP contribution < -0.4 is 10.2 Å². The van der Waals surface area contributed by atoms with Crippen LogP contribution in [0.1, 0.15) is 42.2 Å². The van der Waals surface area contributed by atoms with Gasteiger partial charge in [-0.2, -0.15) is 0 Å². The maximum atomic E-state index is 12.1. The normalized spacial score (nSPS) is 18.4. The first-order chi connectivity index (χ1) is 13.0. The van der Waals surface area contributed by atoms with E-state index in [2.05, 4.69) is 5.32 Å². The number of nitrogens with zero attached hydrogens (tertiary/aromatic N) is 1. The minimum Gasteiger partial charge on any atom is -0.465 e. The molecule has 0 aromatic heterocycles. The van der Waals surface area contributed by atoms with Crippen LogP contribution in [-0.4, -0.2) is 31.4 Å². The van der Waals surface area contributed by atoms with Gasteiger partial charge < -0.3 is 15.0 Å². The number of esters is 1. The number of ether oxygens (including phenoxy) is 1. The summed E-state index contributed by atoms with van der Waals surface area (Å²) in [5.41, 5.74) is 4.08. The van der Waals surface area contributed by atoms with Crippen molar-refractivity contribution in [3.8, 4) is 11.1 Å². The van der Waals surface area contributed by atoms with E-state index in [1.807, 2.05) is 37.3 Å². The first-order valence-corrected chi connectivity index (χ1v) is 8.78. The number of carbonyl (C=O) groups is 3. The van der Waals surface area contributed by atoms with Gasteiger partial charge in [0.2, 0.25) is 12.3 Å². The standard InChI is InChI=1S/C21H22N2O4/c1-13-10-19(22-12-24)18-11-17(8-9-20(18)23(13)14(2)25)15-4-6-16(7-5-15)21(26)27-3/h4-9,11-13,19H,10H2,1-3H3,(H,22,24)/t13-,19+/m1/s1. The average molecular weight is 366 g/mol. The summed E-state index contributed by atoms with van der Waals surface area (Å²) in [5.74, 6) is -0.406. The molecule has 2 aromatic rings. The molecule has 2 amide bonds. The van der Waals surface area contributed by atoms with Gasteiger partial charge >= 0.3 is 5.97 Å². The Labute approximate surface area is 158 Å². The number of methoxy groups -OCH3 is 1. The number of benzene rings is 2.